The Morgan fingerprint density at radius 3 is 2.55 bits per heavy atom. The lowest BCUT2D eigenvalue weighted by Crippen LogP contribution is -2.36. The van der Waals surface area contributed by atoms with E-state index in [1.54, 1.807) is 0 Å². The second-order valence-corrected chi connectivity index (χ2v) is 6.07. The van der Waals surface area contributed by atoms with Gasteiger partial charge < -0.3 is 15.8 Å². The van der Waals surface area contributed by atoms with Crippen LogP contribution in [-0.2, 0) is 0 Å². The summed E-state index contributed by atoms with van der Waals surface area (Å²) in [5.41, 5.74) is 8.90. The third-order valence-electron chi connectivity index (χ3n) is 4.36. The number of nitrogens with two attached hydrogens (primary N) is 1. The van der Waals surface area contributed by atoms with Crippen LogP contribution in [0.2, 0.25) is 0 Å². The van der Waals surface area contributed by atoms with Gasteiger partial charge in [-0.05, 0) is 49.3 Å². The molecule has 1 heterocycles. The Hall–Kier alpha value is -1.71. The first-order valence-electron chi connectivity index (χ1n) is 7.36. The average molecular weight is 275 g/mol. The van der Waals surface area contributed by atoms with Crippen molar-refractivity contribution in [2.45, 2.75) is 33.6 Å². The number of amidine groups is 1. The smallest absolute Gasteiger partial charge is 0.172 e. The molecule has 0 atom stereocenters. The van der Waals surface area contributed by atoms with Crippen molar-refractivity contribution >= 4 is 11.5 Å². The van der Waals surface area contributed by atoms with Gasteiger partial charge in [0, 0.05) is 24.3 Å². The minimum absolute atomic E-state index is 0.186. The monoisotopic (exact) mass is 275 g/mol. The summed E-state index contributed by atoms with van der Waals surface area (Å²) in [6.45, 7) is 8.75. The lowest BCUT2D eigenvalue weighted by Gasteiger charge is -2.36. The molecule has 1 aromatic carbocycles. The van der Waals surface area contributed by atoms with Crippen molar-refractivity contribution in [3.05, 3.63) is 29.3 Å². The van der Waals surface area contributed by atoms with Crippen LogP contribution >= 0.6 is 0 Å². The quantitative estimate of drug-likeness (QED) is 0.386. The van der Waals surface area contributed by atoms with E-state index in [1.807, 2.05) is 12.1 Å². The topological polar surface area (TPSA) is 61.9 Å². The summed E-state index contributed by atoms with van der Waals surface area (Å²) in [4.78, 5) is 2.36. The molecule has 110 valence electrons. The molecule has 4 nitrogen and oxygen atoms in total. The molecular formula is C16H25N3O. The van der Waals surface area contributed by atoms with Gasteiger partial charge in [-0.25, -0.2) is 0 Å². The van der Waals surface area contributed by atoms with Gasteiger partial charge in [0.2, 0.25) is 0 Å². The van der Waals surface area contributed by atoms with Crippen LogP contribution in [0.1, 0.15) is 37.8 Å². The van der Waals surface area contributed by atoms with E-state index in [9.17, 15) is 0 Å². The van der Waals surface area contributed by atoms with Crippen LogP contribution in [0, 0.1) is 18.8 Å². The largest absolute Gasteiger partial charge is 0.409 e. The molecule has 0 radical (unpaired) electrons. The molecule has 0 spiro atoms. The van der Waals surface area contributed by atoms with E-state index >= 15 is 0 Å². The van der Waals surface area contributed by atoms with Crippen LogP contribution in [-0.4, -0.2) is 24.1 Å². The van der Waals surface area contributed by atoms with E-state index in [-0.39, 0.29) is 5.84 Å². The Morgan fingerprint density at radius 1 is 1.35 bits per heavy atom. The summed E-state index contributed by atoms with van der Waals surface area (Å²) in [5.74, 6) is 1.74. The fourth-order valence-corrected chi connectivity index (χ4v) is 2.98. The first-order valence-corrected chi connectivity index (χ1v) is 7.36. The number of oxime groups is 1. The summed E-state index contributed by atoms with van der Waals surface area (Å²) in [6, 6.07) is 6.06. The maximum atomic E-state index is 8.94. The Balaban J connectivity index is 2.23. The molecule has 1 saturated heterocycles. The third-order valence-corrected chi connectivity index (χ3v) is 4.36. The molecule has 0 bridgehead atoms. The van der Waals surface area contributed by atoms with Crippen molar-refractivity contribution in [3.63, 3.8) is 0 Å². The van der Waals surface area contributed by atoms with E-state index in [0.29, 0.717) is 0 Å². The summed E-state index contributed by atoms with van der Waals surface area (Å²) >= 11 is 0. The predicted octanol–water partition coefficient (Wildman–Crippen LogP) is 2.96. The van der Waals surface area contributed by atoms with E-state index in [0.717, 1.165) is 36.2 Å². The van der Waals surface area contributed by atoms with Gasteiger partial charge in [0.05, 0.1) is 0 Å². The molecule has 2 rings (SSSR count). The van der Waals surface area contributed by atoms with Gasteiger partial charge in [0.15, 0.2) is 5.84 Å². The number of nitrogens with zero attached hydrogens (tertiary/aromatic N) is 2. The van der Waals surface area contributed by atoms with Gasteiger partial charge in [-0.3, -0.25) is 0 Å². The number of benzene rings is 1. The maximum Gasteiger partial charge on any atom is 0.172 e. The van der Waals surface area contributed by atoms with Crippen LogP contribution in [0.25, 0.3) is 0 Å². The van der Waals surface area contributed by atoms with Gasteiger partial charge >= 0.3 is 0 Å². The number of anilines is 1. The highest BCUT2D eigenvalue weighted by Gasteiger charge is 2.23. The summed E-state index contributed by atoms with van der Waals surface area (Å²) < 4.78 is 0. The molecule has 0 saturated carbocycles. The second-order valence-electron chi connectivity index (χ2n) is 6.07. The zero-order valence-electron chi connectivity index (χ0n) is 12.6. The maximum absolute atomic E-state index is 8.94. The highest BCUT2D eigenvalue weighted by Crippen LogP contribution is 2.30. The fraction of sp³-hybridized carbons (Fsp3) is 0.562. The van der Waals surface area contributed by atoms with Crippen molar-refractivity contribution in [2.75, 3.05) is 18.0 Å². The first-order chi connectivity index (χ1) is 9.52. The highest BCUT2D eigenvalue weighted by atomic mass is 16.4. The fourth-order valence-electron chi connectivity index (χ4n) is 2.98. The number of piperidine rings is 1. The Morgan fingerprint density at radius 2 is 2.00 bits per heavy atom. The molecule has 3 N–H and O–H groups in total. The molecule has 0 unspecified atom stereocenters. The number of aryl methyl sites for hydroxylation is 1. The summed E-state index contributed by atoms with van der Waals surface area (Å²) in [7, 11) is 0. The summed E-state index contributed by atoms with van der Waals surface area (Å²) in [5, 5.41) is 12.1. The van der Waals surface area contributed by atoms with Gasteiger partial charge in [-0.1, -0.05) is 25.1 Å². The molecule has 0 aliphatic carbocycles. The number of hydrogen-bond donors (Lipinski definition) is 2. The first kappa shape index (κ1) is 14.7. The molecular weight excluding hydrogens is 250 g/mol. The Labute approximate surface area is 121 Å². The molecule has 1 aliphatic rings. The average Bonchev–Trinajstić information content (AvgIpc) is 2.46. The van der Waals surface area contributed by atoms with Crippen molar-refractivity contribution in [2.24, 2.45) is 22.7 Å². The zero-order chi connectivity index (χ0) is 14.7. The lowest BCUT2D eigenvalue weighted by atomic mass is 9.86. The SMILES string of the molecule is Cc1ccc(/C(N)=N/O)c(N2CCC(C(C)C)CC2)c1. The number of rotatable bonds is 3. The molecule has 20 heavy (non-hydrogen) atoms. The van der Waals surface area contributed by atoms with Gasteiger partial charge in [-0.15, -0.1) is 0 Å². The van der Waals surface area contributed by atoms with Crippen LogP contribution < -0.4 is 10.6 Å². The Kier molecular flexibility index (Phi) is 4.53. The van der Waals surface area contributed by atoms with Crippen LogP contribution in [0.5, 0.6) is 0 Å². The Bertz CT molecular complexity index is 488. The van der Waals surface area contributed by atoms with Crippen molar-refractivity contribution in [1.29, 1.82) is 0 Å². The minimum Gasteiger partial charge on any atom is -0.409 e. The zero-order valence-corrected chi connectivity index (χ0v) is 12.6. The molecule has 1 fully saturated rings. The summed E-state index contributed by atoms with van der Waals surface area (Å²) in [6.07, 6.45) is 2.42. The normalized spacial score (nSPS) is 17.8. The standard InChI is InChI=1S/C16H25N3O/c1-11(2)13-6-8-19(9-7-13)15-10-12(3)4-5-14(15)16(17)18-20/h4-5,10-11,13,20H,6-9H2,1-3H3,(H2,17,18). The van der Waals surface area contributed by atoms with Crippen molar-refractivity contribution in [3.8, 4) is 0 Å². The molecule has 1 aromatic rings. The van der Waals surface area contributed by atoms with Crippen molar-refractivity contribution < 1.29 is 5.21 Å². The molecule has 0 amide bonds. The molecule has 4 heteroatoms. The number of hydrogen-bond acceptors (Lipinski definition) is 3. The predicted molar refractivity (Wildman–Crippen MR) is 83.5 cm³/mol. The minimum atomic E-state index is 0.186. The van der Waals surface area contributed by atoms with Gasteiger partial charge in [0.1, 0.15) is 0 Å². The second kappa shape index (κ2) is 6.16. The lowest BCUT2D eigenvalue weighted by molar-refractivity contribution is 0.311. The molecule has 0 aromatic heterocycles. The highest BCUT2D eigenvalue weighted by molar-refractivity contribution is 6.02. The van der Waals surface area contributed by atoms with E-state index in [4.69, 9.17) is 10.9 Å². The van der Waals surface area contributed by atoms with Gasteiger partial charge in [-0.2, -0.15) is 0 Å². The van der Waals surface area contributed by atoms with E-state index < -0.39 is 0 Å². The van der Waals surface area contributed by atoms with E-state index in [1.165, 1.54) is 18.4 Å². The van der Waals surface area contributed by atoms with Crippen LogP contribution in [0.4, 0.5) is 5.69 Å². The van der Waals surface area contributed by atoms with Crippen LogP contribution in [0.15, 0.2) is 23.4 Å². The van der Waals surface area contributed by atoms with E-state index in [2.05, 4.69) is 36.9 Å². The third kappa shape index (κ3) is 3.06. The van der Waals surface area contributed by atoms with Crippen LogP contribution in [0.3, 0.4) is 0 Å². The van der Waals surface area contributed by atoms with Crippen molar-refractivity contribution in [1.82, 2.24) is 0 Å². The van der Waals surface area contributed by atoms with Gasteiger partial charge in [0.25, 0.3) is 0 Å². The molecule has 1 aliphatic heterocycles.